The summed E-state index contributed by atoms with van der Waals surface area (Å²) in [5.74, 6) is -1.44. The van der Waals surface area contributed by atoms with Crippen molar-refractivity contribution in [3.8, 4) is 0 Å². The number of carboxylic acid groups (broad SMARTS) is 1. The van der Waals surface area contributed by atoms with Crippen LogP contribution in [0.15, 0.2) is 30.3 Å². The van der Waals surface area contributed by atoms with E-state index in [0.717, 1.165) is 6.42 Å². The molecule has 1 aromatic rings. The van der Waals surface area contributed by atoms with Crippen molar-refractivity contribution in [1.29, 1.82) is 0 Å². The second kappa shape index (κ2) is 8.29. The van der Waals surface area contributed by atoms with Crippen molar-refractivity contribution in [2.45, 2.75) is 20.3 Å². The second-order valence-electron chi connectivity index (χ2n) is 5.22. The first-order chi connectivity index (χ1) is 9.95. The third-order valence-corrected chi connectivity index (χ3v) is 3.47. The zero-order valence-electron chi connectivity index (χ0n) is 13.0. The van der Waals surface area contributed by atoms with Crippen LogP contribution in [0.5, 0.6) is 0 Å². The van der Waals surface area contributed by atoms with E-state index in [-0.39, 0.29) is 12.6 Å². The Morgan fingerprint density at radius 3 is 2.38 bits per heavy atom. The first kappa shape index (κ1) is 17.0. The molecule has 0 aliphatic heterocycles. The molecule has 1 N–H and O–H groups in total. The van der Waals surface area contributed by atoms with Crippen LogP contribution >= 0.6 is 0 Å². The molecule has 0 aliphatic carbocycles. The van der Waals surface area contributed by atoms with Crippen molar-refractivity contribution in [3.63, 3.8) is 0 Å². The Morgan fingerprint density at radius 2 is 1.86 bits per heavy atom. The van der Waals surface area contributed by atoms with Gasteiger partial charge in [0.15, 0.2) is 0 Å². The molecule has 1 aromatic carbocycles. The van der Waals surface area contributed by atoms with Gasteiger partial charge in [-0.2, -0.15) is 0 Å². The second-order valence-corrected chi connectivity index (χ2v) is 5.22. The van der Waals surface area contributed by atoms with Crippen molar-refractivity contribution < 1.29 is 14.7 Å². The molecule has 2 amide bonds. The molecular formula is C16H24N2O3. The zero-order chi connectivity index (χ0) is 15.8. The van der Waals surface area contributed by atoms with Crippen molar-refractivity contribution in [1.82, 2.24) is 9.80 Å². The molecule has 0 aromatic heterocycles. The van der Waals surface area contributed by atoms with Crippen LogP contribution in [0.4, 0.5) is 4.79 Å². The lowest BCUT2D eigenvalue weighted by Gasteiger charge is -2.28. The molecule has 1 rings (SSSR count). The van der Waals surface area contributed by atoms with Crippen molar-refractivity contribution in [2.24, 2.45) is 5.92 Å². The molecule has 21 heavy (non-hydrogen) atoms. The smallest absolute Gasteiger partial charge is 0.319 e. The fourth-order valence-electron chi connectivity index (χ4n) is 2.03. The summed E-state index contributed by atoms with van der Waals surface area (Å²) in [6, 6.07) is 9.85. The standard InChI is InChI=1S/C16H24N2O3/c1-4-18(12-13(2)15(19)20)16(21)17(3)11-10-14-8-6-5-7-9-14/h5-9,13H,4,10-12H2,1-3H3,(H,19,20). The highest BCUT2D eigenvalue weighted by Crippen LogP contribution is 2.06. The average molecular weight is 292 g/mol. The Hall–Kier alpha value is -2.04. The quantitative estimate of drug-likeness (QED) is 0.839. The molecule has 0 spiro atoms. The van der Waals surface area contributed by atoms with Crippen LogP contribution < -0.4 is 0 Å². The van der Waals surface area contributed by atoms with Gasteiger partial charge in [0.1, 0.15) is 0 Å². The molecule has 1 unspecified atom stereocenters. The summed E-state index contributed by atoms with van der Waals surface area (Å²) in [7, 11) is 1.75. The van der Waals surface area contributed by atoms with Crippen molar-refractivity contribution >= 4 is 12.0 Å². The minimum absolute atomic E-state index is 0.124. The fourth-order valence-corrected chi connectivity index (χ4v) is 2.03. The van der Waals surface area contributed by atoms with E-state index in [0.29, 0.717) is 13.1 Å². The highest BCUT2D eigenvalue weighted by atomic mass is 16.4. The average Bonchev–Trinajstić information content (AvgIpc) is 2.50. The summed E-state index contributed by atoms with van der Waals surface area (Å²) in [5, 5.41) is 8.95. The molecule has 5 heteroatoms. The van der Waals surface area contributed by atoms with Gasteiger partial charge in [0.05, 0.1) is 5.92 Å². The number of urea groups is 1. The van der Waals surface area contributed by atoms with Crippen LogP contribution in [0.25, 0.3) is 0 Å². The monoisotopic (exact) mass is 292 g/mol. The van der Waals surface area contributed by atoms with E-state index in [4.69, 9.17) is 5.11 Å². The highest BCUT2D eigenvalue weighted by Gasteiger charge is 2.21. The molecule has 0 fully saturated rings. The zero-order valence-corrected chi connectivity index (χ0v) is 13.0. The Kier molecular flexibility index (Phi) is 6.72. The minimum atomic E-state index is -0.881. The molecular weight excluding hydrogens is 268 g/mol. The number of hydrogen-bond acceptors (Lipinski definition) is 2. The number of nitrogens with zero attached hydrogens (tertiary/aromatic N) is 2. The summed E-state index contributed by atoms with van der Waals surface area (Å²) < 4.78 is 0. The van der Waals surface area contributed by atoms with E-state index in [1.807, 2.05) is 37.3 Å². The van der Waals surface area contributed by atoms with Gasteiger partial charge in [-0.25, -0.2) is 4.79 Å². The summed E-state index contributed by atoms with van der Waals surface area (Å²) in [5.41, 5.74) is 1.18. The first-order valence-corrected chi connectivity index (χ1v) is 7.22. The lowest BCUT2D eigenvalue weighted by Crippen LogP contribution is -2.44. The van der Waals surface area contributed by atoms with Gasteiger partial charge in [0.2, 0.25) is 0 Å². The molecule has 116 valence electrons. The highest BCUT2D eigenvalue weighted by molar-refractivity contribution is 5.76. The SMILES string of the molecule is CCN(CC(C)C(=O)O)C(=O)N(C)CCc1ccccc1. The number of carboxylic acids is 1. The predicted octanol–water partition coefficient (Wildman–Crippen LogP) is 2.32. The Labute approximate surface area is 126 Å². The molecule has 0 saturated carbocycles. The van der Waals surface area contributed by atoms with Gasteiger partial charge in [-0.15, -0.1) is 0 Å². The predicted molar refractivity (Wildman–Crippen MR) is 82.2 cm³/mol. The number of aliphatic carboxylic acids is 1. The minimum Gasteiger partial charge on any atom is -0.481 e. The van der Waals surface area contributed by atoms with Crippen molar-refractivity contribution in [2.75, 3.05) is 26.7 Å². The van der Waals surface area contributed by atoms with Crippen LogP contribution in [0.3, 0.4) is 0 Å². The molecule has 5 nitrogen and oxygen atoms in total. The van der Waals surface area contributed by atoms with E-state index in [9.17, 15) is 9.59 Å². The van der Waals surface area contributed by atoms with Gasteiger partial charge in [-0.3, -0.25) is 4.79 Å². The van der Waals surface area contributed by atoms with Crippen LogP contribution in [-0.2, 0) is 11.2 Å². The lowest BCUT2D eigenvalue weighted by molar-refractivity contribution is -0.141. The number of benzene rings is 1. The molecule has 0 heterocycles. The Balaban J connectivity index is 2.52. The van der Waals surface area contributed by atoms with E-state index in [1.54, 1.807) is 23.8 Å². The van der Waals surface area contributed by atoms with Gasteiger partial charge in [0.25, 0.3) is 0 Å². The molecule has 1 atom stereocenters. The van der Waals surface area contributed by atoms with Crippen LogP contribution in [0, 0.1) is 5.92 Å². The number of hydrogen-bond donors (Lipinski definition) is 1. The van der Waals surface area contributed by atoms with Gasteiger partial charge in [-0.05, 0) is 18.9 Å². The van der Waals surface area contributed by atoms with E-state index in [2.05, 4.69) is 0 Å². The Bertz CT molecular complexity index is 462. The van der Waals surface area contributed by atoms with Crippen molar-refractivity contribution in [3.05, 3.63) is 35.9 Å². The third kappa shape index (κ3) is 5.45. The topological polar surface area (TPSA) is 60.9 Å². The molecule has 0 radical (unpaired) electrons. The van der Waals surface area contributed by atoms with Crippen LogP contribution in [0.2, 0.25) is 0 Å². The van der Waals surface area contributed by atoms with Gasteiger partial charge in [0, 0.05) is 26.7 Å². The van der Waals surface area contributed by atoms with Crippen LogP contribution in [-0.4, -0.2) is 53.6 Å². The number of amides is 2. The molecule has 0 saturated heterocycles. The lowest BCUT2D eigenvalue weighted by atomic mass is 10.1. The third-order valence-electron chi connectivity index (χ3n) is 3.47. The largest absolute Gasteiger partial charge is 0.481 e. The van der Waals surface area contributed by atoms with Gasteiger partial charge < -0.3 is 14.9 Å². The van der Waals surface area contributed by atoms with Gasteiger partial charge in [-0.1, -0.05) is 37.3 Å². The number of carbonyl (C=O) groups is 2. The Morgan fingerprint density at radius 1 is 1.24 bits per heavy atom. The maximum absolute atomic E-state index is 12.3. The number of carbonyl (C=O) groups excluding carboxylic acids is 1. The summed E-state index contributed by atoms with van der Waals surface area (Å²) in [6.07, 6.45) is 0.787. The number of likely N-dealkylation sites (N-methyl/N-ethyl adjacent to an activating group) is 1. The summed E-state index contributed by atoms with van der Waals surface area (Å²) in [4.78, 5) is 26.4. The first-order valence-electron chi connectivity index (χ1n) is 7.22. The van der Waals surface area contributed by atoms with Gasteiger partial charge >= 0.3 is 12.0 Å². The van der Waals surface area contributed by atoms with E-state index < -0.39 is 11.9 Å². The maximum Gasteiger partial charge on any atom is 0.319 e. The van der Waals surface area contributed by atoms with E-state index >= 15 is 0 Å². The molecule has 0 bridgehead atoms. The summed E-state index contributed by atoms with van der Waals surface area (Å²) >= 11 is 0. The maximum atomic E-state index is 12.3. The van der Waals surface area contributed by atoms with E-state index in [1.165, 1.54) is 5.56 Å². The van der Waals surface area contributed by atoms with Crippen LogP contribution in [0.1, 0.15) is 19.4 Å². The summed E-state index contributed by atoms with van der Waals surface area (Å²) in [6.45, 7) is 4.83. The molecule has 0 aliphatic rings. The fraction of sp³-hybridized carbons (Fsp3) is 0.500. The normalized spacial score (nSPS) is 11.8. The number of rotatable bonds is 7.